The van der Waals surface area contributed by atoms with E-state index in [-0.39, 0.29) is 11.5 Å². The Kier molecular flexibility index (Phi) is 3.97. The third kappa shape index (κ3) is 3.58. The van der Waals surface area contributed by atoms with E-state index >= 15 is 0 Å². The number of aromatic nitrogens is 2. The van der Waals surface area contributed by atoms with E-state index in [1.165, 1.54) is 19.3 Å². The third-order valence-corrected chi connectivity index (χ3v) is 3.70. The largest absolute Gasteiger partial charge is 0.474 e. The van der Waals surface area contributed by atoms with Gasteiger partial charge in [-0.25, -0.2) is 4.98 Å². The van der Waals surface area contributed by atoms with Gasteiger partial charge in [0.25, 0.3) is 0 Å². The van der Waals surface area contributed by atoms with Crippen molar-refractivity contribution in [3.05, 3.63) is 11.9 Å². The zero-order valence-electron chi connectivity index (χ0n) is 12.4. The number of nitrogens with two attached hydrogens (primary N) is 1. The van der Waals surface area contributed by atoms with E-state index in [2.05, 4.69) is 37.7 Å². The lowest BCUT2D eigenvalue weighted by Crippen LogP contribution is -2.29. The van der Waals surface area contributed by atoms with Crippen molar-refractivity contribution in [2.45, 2.75) is 64.9 Å². The standard InChI is InChI=1S/C15H25N3O/c1-10-7-5-6-8-11(10)19-13-9-12(16)17-14(18-13)15(2,3)4/h9-11H,5-8H2,1-4H3,(H2,16,17,18). The summed E-state index contributed by atoms with van der Waals surface area (Å²) in [5.74, 6) is 2.43. The van der Waals surface area contributed by atoms with Gasteiger partial charge in [0.15, 0.2) is 0 Å². The molecule has 0 bridgehead atoms. The smallest absolute Gasteiger partial charge is 0.219 e. The molecule has 2 atom stereocenters. The summed E-state index contributed by atoms with van der Waals surface area (Å²) in [6, 6.07) is 1.73. The zero-order chi connectivity index (χ0) is 14.0. The van der Waals surface area contributed by atoms with Gasteiger partial charge >= 0.3 is 0 Å². The van der Waals surface area contributed by atoms with Crippen LogP contribution in [0.2, 0.25) is 0 Å². The maximum atomic E-state index is 6.05. The fraction of sp³-hybridized carbons (Fsp3) is 0.733. The molecule has 106 valence electrons. The molecule has 2 N–H and O–H groups in total. The molecule has 4 nitrogen and oxygen atoms in total. The number of ether oxygens (including phenoxy) is 1. The molecule has 1 aromatic rings. The summed E-state index contributed by atoms with van der Waals surface area (Å²) in [5.41, 5.74) is 5.75. The summed E-state index contributed by atoms with van der Waals surface area (Å²) in [4.78, 5) is 8.82. The summed E-state index contributed by atoms with van der Waals surface area (Å²) in [6.45, 7) is 8.48. The Bertz CT molecular complexity index is 440. The van der Waals surface area contributed by atoms with Crippen LogP contribution in [0, 0.1) is 5.92 Å². The number of nitrogen functional groups attached to an aromatic ring is 1. The van der Waals surface area contributed by atoms with Gasteiger partial charge in [-0.2, -0.15) is 4.98 Å². The monoisotopic (exact) mass is 263 g/mol. The Morgan fingerprint density at radius 3 is 2.53 bits per heavy atom. The first-order valence-corrected chi connectivity index (χ1v) is 7.18. The highest BCUT2D eigenvalue weighted by atomic mass is 16.5. The summed E-state index contributed by atoms with van der Waals surface area (Å²) in [7, 11) is 0. The van der Waals surface area contributed by atoms with Crippen LogP contribution in [0.4, 0.5) is 5.82 Å². The molecule has 4 heteroatoms. The summed E-state index contributed by atoms with van der Waals surface area (Å²) in [5, 5.41) is 0. The van der Waals surface area contributed by atoms with E-state index in [0.717, 1.165) is 12.2 Å². The SMILES string of the molecule is CC1CCCCC1Oc1cc(N)nc(C(C)(C)C)n1. The second-order valence-corrected chi connectivity index (χ2v) is 6.62. The Morgan fingerprint density at radius 1 is 1.21 bits per heavy atom. The van der Waals surface area contributed by atoms with Crippen LogP contribution in [-0.4, -0.2) is 16.1 Å². The van der Waals surface area contributed by atoms with Crippen molar-refractivity contribution in [3.63, 3.8) is 0 Å². The van der Waals surface area contributed by atoms with E-state index in [1.807, 2.05) is 0 Å². The van der Waals surface area contributed by atoms with Crippen LogP contribution in [0.3, 0.4) is 0 Å². The van der Waals surface area contributed by atoms with Crippen molar-refractivity contribution in [1.29, 1.82) is 0 Å². The maximum Gasteiger partial charge on any atom is 0.219 e. The molecular formula is C15H25N3O. The first kappa shape index (κ1) is 14.1. The van der Waals surface area contributed by atoms with Crippen molar-refractivity contribution >= 4 is 5.82 Å². The quantitative estimate of drug-likeness (QED) is 0.889. The Balaban J connectivity index is 2.18. The highest BCUT2D eigenvalue weighted by Crippen LogP contribution is 2.29. The minimum absolute atomic E-state index is 0.119. The highest BCUT2D eigenvalue weighted by Gasteiger charge is 2.25. The van der Waals surface area contributed by atoms with E-state index in [4.69, 9.17) is 10.5 Å². The molecule has 0 aromatic carbocycles. The number of rotatable bonds is 2. The predicted octanol–water partition coefficient (Wildman–Crippen LogP) is 3.31. The van der Waals surface area contributed by atoms with Crippen LogP contribution < -0.4 is 10.5 Å². The molecule has 0 aliphatic heterocycles. The number of hydrogen-bond donors (Lipinski definition) is 1. The van der Waals surface area contributed by atoms with Crippen LogP contribution in [0.25, 0.3) is 0 Å². The van der Waals surface area contributed by atoms with Crippen LogP contribution in [-0.2, 0) is 5.41 Å². The molecule has 1 saturated carbocycles. The minimum Gasteiger partial charge on any atom is -0.474 e. The van der Waals surface area contributed by atoms with Crippen LogP contribution >= 0.6 is 0 Å². The molecule has 1 aliphatic rings. The lowest BCUT2D eigenvalue weighted by molar-refractivity contribution is 0.0969. The summed E-state index contributed by atoms with van der Waals surface area (Å²) in [6.07, 6.45) is 5.14. The normalized spacial score (nSPS) is 24.2. The second-order valence-electron chi connectivity index (χ2n) is 6.62. The average Bonchev–Trinajstić information content (AvgIpc) is 2.30. The van der Waals surface area contributed by atoms with Crippen LogP contribution in [0.15, 0.2) is 6.07 Å². The van der Waals surface area contributed by atoms with Gasteiger partial charge in [-0.05, 0) is 25.2 Å². The predicted molar refractivity (Wildman–Crippen MR) is 77.2 cm³/mol. The Morgan fingerprint density at radius 2 is 1.89 bits per heavy atom. The lowest BCUT2D eigenvalue weighted by atomic mass is 9.88. The fourth-order valence-corrected chi connectivity index (χ4v) is 2.45. The van der Waals surface area contributed by atoms with Gasteiger partial charge in [0.05, 0.1) is 0 Å². The number of hydrogen-bond acceptors (Lipinski definition) is 4. The number of anilines is 1. The zero-order valence-corrected chi connectivity index (χ0v) is 12.4. The fourth-order valence-electron chi connectivity index (χ4n) is 2.45. The van der Waals surface area contributed by atoms with Crippen LogP contribution in [0.1, 0.15) is 59.2 Å². The average molecular weight is 263 g/mol. The van der Waals surface area contributed by atoms with Gasteiger partial charge in [-0.3, -0.25) is 0 Å². The van der Waals surface area contributed by atoms with Crippen molar-refractivity contribution in [2.24, 2.45) is 5.92 Å². The molecule has 2 rings (SSSR count). The molecule has 0 radical (unpaired) electrons. The molecule has 0 spiro atoms. The molecular weight excluding hydrogens is 238 g/mol. The molecule has 19 heavy (non-hydrogen) atoms. The van der Waals surface area contributed by atoms with E-state index < -0.39 is 0 Å². The van der Waals surface area contributed by atoms with E-state index in [1.54, 1.807) is 6.07 Å². The topological polar surface area (TPSA) is 61.0 Å². The van der Waals surface area contributed by atoms with E-state index in [9.17, 15) is 0 Å². The van der Waals surface area contributed by atoms with E-state index in [0.29, 0.717) is 17.6 Å². The second kappa shape index (κ2) is 5.35. The molecule has 1 heterocycles. The molecule has 1 fully saturated rings. The maximum absolute atomic E-state index is 6.05. The highest BCUT2D eigenvalue weighted by molar-refractivity contribution is 5.34. The van der Waals surface area contributed by atoms with Gasteiger partial charge in [0.2, 0.25) is 5.88 Å². The van der Waals surface area contributed by atoms with Crippen molar-refractivity contribution in [2.75, 3.05) is 5.73 Å². The van der Waals surface area contributed by atoms with Crippen molar-refractivity contribution in [3.8, 4) is 5.88 Å². The molecule has 0 saturated heterocycles. The molecule has 1 aliphatic carbocycles. The van der Waals surface area contributed by atoms with Crippen molar-refractivity contribution < 1.29 is 4.74 Å². The Hall–Kier alpha value is -1.32. The summed E-state index contributed by atoms with van der Waals surface area (Å²) < 4.78 is 6.05. The lowest BCUT2D eigenvalue weighted by Gasteiger charge is -2.29. The van der Waals surface area contributed by atoms with Crippen molar-refractivity contribution in [1.82, 2.24) is 9.97 Å². The van der Waals surface area contributed by atoms with Crippen LogP contribution in [0.5, 0.6) is 5.88 Å². The van der Waals surface area contributed by atoms with Gasteiger partial charge in [0.1, 0.15) is 17.7 Å². The molecule has 1 aromatic heterocycles. The third-order valence-electron chi connectivity index (χ3n) is 3.70. The minimum atomic E-state index is -0.119. The summed E-state index contributed by atoms with van der Waals surface area (Å²) >= 11 is 0. The number of nitrogens with zero attached hydrogens (tertiary/aromatic N) is 2. The molecule has 0 amide bonds. The van der Waals surface area contributed by atoms with Gasteiger partial charge < -0.3 is 10.5 Å². The van der Waals surface area contributed by atoms with Gasteiger partial charge in [-0.15, -0.1) is 0 Å². The first-order valence-electron chi connectivity index (χ1n) is 7.18. The van der Waals surface area contributed by atoms with Gasteiger partial charge in [0, 0.05) is 11.5 Å². The first-order chi connectivity index (χ1) is 8.86. The van der Waals surface area contributed by atoms with Gasteiger partial charge in [-0.1, -0.05) is 34.1 Å². The molecule has 2 unspecified atom stereocenters. The Labute approximate surface area is 115 Å².